The molecule has 1 aromatic carbocycles. The molecule has 0 atom stereocenters. The molecule has 0 aliphatic carbocycles. The number of hydrogen-bond acceptors (Lipinski definition) is 4. The number of rotatable bonds is 4. The standard InChI is InChI=1S/C15H13N5O/c21-15(17-10-12-6-4-5-9-16-12)14-18-11-20(19-14)13-7-2-1-3-8-13/h1-9,11H,10H2,(H,17,21). The molecule has 104 valence electrons. The lowest BCUT2D eigenvalue weighted by Crippen LogP contribution is -2.24. The number of carbonyl (C=O) groups excluding carboxylic acids is 1. The Morgan fingerprint density at radius 2 is 1.86 bits per heavy atom. The molecule has 0 fully saturated rings. The minimum atomic E-state index is -0.324. The van der Waals surface area contributed by atoms with Gasteiger partial charge in [0.2, 0.25) is 5.82 Å². The first-order chi connectivity index (χ1) is 10.3. The number of hydrogen-bond donors (Lipinski definition) is 1. The molecule has 1 N–H and O–H groups in total. The Labute approximate surface area is 121 Å². The largest absolute Gasteiger partial charge is 0.344 e. The first-order valence-electron chi connectivity index (χ1n) is 6.48. The van der Waals surface area contributed by atoms with Crippen molar-refractivity contribution in [3.8, 4) is 5.69 Å². The van der Waals surface area contributed by atoms with Crippen LogP contribution in [0.25, 0.3) is 5.69 Å². The monoisotopic (exact) mass is 279 g/mol. The summed E-state index contributed by atoms with van der Waals surface area (Å²) in [4.78, 5) is 20.1. The lowest BCUT2D eigenvalue weighted by atomic mass is 10.3. The van der Waals surface area contributed by atoms with Crippen LogP contribution in [-0.2, 0) is 6.54 Å². The van der Waals surface area contributed by atoms with Crippen LogP contribution >= 0.6 is 0 Å². The van der Waals surface area contributed by atoms with E-state index in [2.05, 4.69) is 20.4 Å². The molecule has 21 heavy (non-hydrogen) atoms. The Morgan fingerprint density at radius 3 is 2.62 bits per heavy atom. The van der Waals surface area contributed by atoms with Crippen molar-refractivity contribution >= 4 is 5.91 Å². The predicted octanol–water partition coefficient (Wildman–Crippen LogP) is 1.59. The third-order valence-corrected chi connectivity index (χ3v) is 2.87. The average molecular weight is 279 g/mol. The molecule has 0 unspecified atom stereocenters. The van der Waals surface area contributed by atoms with E-state index in [4.69, 9.17) is 0 Å². The number of nitrogens with zero attached hydrogens (tertiary/aromatic N) is 4. The quantitative estimate of drug-likeness (QED) is 0.787. The van der Waals surface area contributed by atoms with Gasteiger partial charge in [-0.1, -0.05) is 24.3 Å². The molecule has 0 aliphatic rings. The van der Waals surface area contributed by atoms with E-state index in [0.717, 1.165) is 11.4 Å². The summed E-state index contributed by atoms with van der Waals surface area (Å²) in [5, 5.41) is 6.91. The molecular formula is C15H13N5O. The van der Waals surface area contributed by atoms with Crippen molar-refractivity contribution < 1.29 is 4.79 Å². The van der Waals surface area contributed by atoms with E-state index in [1.807, 2.05) is 48.5 Å². The van der Waals surface area contributed by atoms with Crippen molar-refractivity contribution in [2.75, 3.05) is 0 Å². The SMILES string of the molecule is O=C(NCc1ccccn1)c1ncn(-c2ccccc2)n1. The number of nitrogens with one attached hydrogen (secondary N) is 1. The van der Waals surface area contributed by atoms with Gasteiger partial charge in [0.05, 0.1) is 17.9 Å². The summed E-state index contributed by atoms with van der Waals surface area (Å²) in [7, 11) is 0. The molecule has 3 rings (SSSR count). The van der Waals surface area contributed by atoms with Crippen molar-refractivity contribution in [3.05, 3.63) is 72.6 Å². The molecule has 0 spiro atoms. The maximum Gasteiger partial charge on any atom is 0.291 e. The average Bonchev–Trinajstić information content (AvgIpc) is 3.04. The van der Waals surface area contributed by atoms with E-state index >= 15 is 0 Å². The fourth-order valence-corrected chi connectivity index (χ4v) is 1.82. The summed E-state index contributed by atoms with van der Waals surface area (Å²) in [5.41, 5.74) is 1.64. The van der Waals surface area contributed by atoms with E-state index in [1.165, 1.54) is 6.33 Å². The molecule has 0 saturated heterocycles. The first kappa shape index (κ1) is 13.0. The van der Waals surface area contributed by atoms with Crippen LogP contribution in [-0.4, -0.2) is 25.7 Å². The molecule has 0 bridgehead atoms. The van der Waals surface area contributed by atoms with Crippen molar-refractivity contribution in [2.45, 2.75) is 6.54 Å². The second-order valence-electron chi connectivity index (χ2n) is 4.35. The summed E-state index contributed by atoms with van der Waals surface area (Å²) >= 11 is 0. The van der Waals surface area contributed by atoms with Gasteiger partial charge in [-0.05, 0) is 24.3 Å². The van der Waals surface area contributed by atoms with Gasteiger partial charge in [0.1, 0.15) is 6.33 Å². The Kier molecular flexibility index (Phi) is 3.68. The van der Waals surface area contributed by atoms with Crippen LogP contribution in [0.5, 0.6) is 0 Å². The van der Waals surface area contributed by atoms with Crippen LogP contribution < -0.4 is 5.32 Å². The predicted molar refractivity (Wildman–Crippen MR) is 76.8 cm³/mol. The molecule has 0 radical (unpaired) electrons. The van der Waals surface area contributed by atoms with Crippen molar-refractivity contribution in [2.24, 2.45) is 0 Å². The number of para-hydroxylation sites is 1. The second-order valence-corrected chi connectivity index (χ2v) is 4.35. The zero-order valence-electron chi connectivity index (χ0n) is 11.2. The fourth-order valence-electron chi connectivity index (χ4n) is 1.82. The van der Waals surface area contributed by atoms with Crippen LogP contribution in [0.3, 0.4) is 0 Å². The minimum absolute atomic E-state index is 0.134. The van der Waals surface area contributed by atoms with E-state index in [0.29, 0.717) is 6.54 Å². The van der Waals surface area contributed by atoms with Gasteiger partial charge in [0.15, 0.2) is 0 Å². The molecule has 6 nitrogen and oxygen atoms in total. The Morgan fingerprint density at radius 1 is 1.05 bits per heavy atom. The number of amides is 1. The molecule has 2 heterocycles. The number of carbonyl (C=O) groups is 1. The van der Waals surface area contributed by atoms with Crippen LogP contribution in [0.15, 0.2) is 61.1 Å². The molecular weight excluding hydrogens is 266 g/mol. The highest BCUT2D eigenvalue weighted by Crippen LogP contribution is 2.04. The zero-order chi connectivity index (χ0) is 14.5. The van der Waals surface area contributed by atoms with Gasteiger partial charge in [-0.25, -0.2) is 9.67 Å². The Balaban J connectivity index is 1.67. The van der Waals surface area contributed by atoms with Crippen LogP contribution in [0, 0.1) is 0 Å². The lowest BCUT2D eigenvalue weighted by molar-refractivity contribution is 0.0940. The van der Waals surface area contributed by atoms with E-state index in [1.54, 1.807) is 10.9 Å². The fraction of sp³-hybridized carbons (Fsp3) is 0.0667. The zero-order valence-corrected chi connectivity index (χ0v) is 11.2. The van der Waals surface area contributed by atoms with Crippen molar-refractivity contribution in [3.63, 3.8) is 0 Å². The van der Waals surface area contributed by atoms with Crippen LogP contribution in [0.2, 0.25) is 0 Å². The first-order valence-corrected chi connectivity index (χ1v) is 6.48. The molecule has 6 heteroatoms. The maximum absolute atomic E-state index is 12.0. The summed E-state index contributed by atoms with van der Waals surface area (Å²) in [6.07, 6.45) is 3.20. The summed E-state index contributed by atoms with van der Waals surface area (Å²) in [5.74, 6) is -0.190. The molecule has 0 saturated carbocycles. The van der Waals surface area contributed by atoms with Crippen molar-refractivity contribution in [1.29, 1.82) is 0 Å². The van der Waals surface area contributed by atoms with Gasteiger partial charge in [-0.3, -0.25) is 9.78 Å². The third-order valence-electron chi connectivity index (χ3n) is 2.87. The summed E-state index contributed by atoms with van der Waals surface area (Å²) in [6, 6.07) is 15.0. The van der Waals surface area contributed by atoms with E-state index in [-0.39, 0.29) is 11.7 Å². The van der Waals surface area contributed by atoms with Gasteiger partial charge in [0.25, 0.3) is 5.91 Å². The third kappa shape index (κ3) is 3.11. The molecule has 0 aliphatic heterocycles. The summed E-state index contributed by atoms with van der Waals surface area (Å²) in [6.45, 7) is 0.347. The highest BCUT2D eigenvalue weighted by Gasteiger charge is 2.11. The second kappa shape index (κ2) is 5.96. The van der Waals surface area contributed by atoms with Gasteiger partial charge < -0.3 is 5.32 Å². The molecule has 1 amide bonds. The minimum Gasteiger partial charge on any atom is -0.344 e. The number of pyridine rings is 1. The lowest BCUT2D eigenvalue weighted by Gasteiger charge is -2.01. The van der Waals surface area contributed by atoms with Crippen LogP contribution in [0.1, 0.15) is 16.3 Å². The molecule has 2 aromatic heterocycles. The summed E-state index contributed by atoms with van der Waals surface area (Å²) < 4.78 is 1.57. The molecule has 3 aromatic rings. The highest BCUT2D eigenvalue weighted by molar-refractivity contribution is 5.90. The highest BCUT2D eigenvalue weighted by atomic mass is 16.2. The van der Waals surface area contributed by atoms with Crippen LogP contribution in [0.4, 0.5) is 0 Å². The van der Waals surface area contributed by atoms with Gasteiger partial charge in [-0.15, -0.1) is 5.10 Å². The van der Waals surface area contributed by atoms with Gasteiger partial charge >= 0.3 is 0 Å². The maximum atomic E-state index is 12.0. The Bertz CT molecular complexity index is 724. The van der Waals surface area contributed by atoms with E-state index in [9.17, 15) is 4.79 Å². The number of aromatic nitrogens is 4. The van der Waals surface area contributed by atoms with E-state index < -0.39 is 0 Å². The van der Waals surface area contributed by atoms with Gasteiger partial charge in [0, 0.05) is 6.20 Å². The number of benzene rings is 1. The van der Waals surface area contributed by atoms with Gasteiger partial charge in [-0.2, -0.15) is 0 Å². The Hall–Kier alpha value is -3.02. The normalized spacial score (nSPS) is 10.3. The smallest absolute Gasteiger partial charge is 0.291 e. The topological polar surface area (TPSA) is 72.7 Å². The van der Waals surface area contributed by atoms with Crippen molar-refractivity contribution in [1.82, 2.24) is 25.1 Å².